The van der Waals surface area contributed by atoms with Crippen molar-refractivity contribution in [2.45, 2.75) is 12.5 Å². The minimum absolute atomic E-state index is 0.0657. The number of likely N-dealkylation sites (N-methyl/N-ethyl adjacent to an activating group) is 1. The van der Waals surface area contributed by atoms with Gasteiger partial charge in [0.1, 0.15) is 5.75 Å². The highest BCUT2D eigenvalue weighted by atomic mass is 16.5. The number of methoxy groups -OCH3 is 1. The summed E-state index contributed by atoms with van der Waals surface area (Å²) in [5.74, 6) is 0.830. The Morgan fingerprint density at radius 3 is 2.00 bits per heavy atom. The summed E-state index contributed by atoms with van der Waals surface area (Å²) in [5, 5.41) is 0. The SMILES string of the molecule is COc1cccc(CC(=O)N(C)C(c2ccccc2)c2ccccc2)c1. The highest BCUT2D eigenvalue weighted by Gasteiger charge is 2.23. The normalized spacial score (nSPS) is 10.6. The maximum absolute atomic E-state index is 13.0. The standard InChI is InChI=1S/C23H23NO2/c1-24(22(25)17-18-10-9-15-21(16-18)26-2)23(19-11-5-3-6-12-19)20-13-7-4-8-14-20/h3-16,23H,17H2,1-2H3. The molecule has 0 spiro atoms. The van der Waals surface area contributed by atoms with Crippen LogP contribution >= 0.6 is 0 Å². The van der Waals surface area contributed by atoms with E-state index in [0.29, 0.717) is 6.42 Å². The second-order valence-corrected chi connectivity index (χ2v) is 6.26. The second-order valence-electron chi connectivity index (χ2n) is 6.26. The molecule has 0 aliphatic carbocycles. The Labute approximate surface area is 154 Å². The van der Waals surface area contributed by atoms with Gasteiger partial charge in [-0.25, -0.2) is 0 Å². The van der Waals surface area contributed by atoms with Crippen LogP contribution in [0.3, 0.4) is 0 Å². The van der Waals surface area contributed by atoms with Crippen molar-refractivity contribution in [1.29, 1.82) is 0 Å². The van der Waals surface area contributed by atoms with Gasteiger partial charge in [-0.15, -0.1) is 0 Å². The minimum atomic E-state index is -0.115. The molecular weight excluding hydrogens is 322 g/mol. The molecule has 0 saturated carbocycles. The largest absolute Gasteiger partial charge is 0.497 e. The van der Waals surface area contributed by atoms with Crippen molar-refractivity contribution in [2.24, 2.45) is 0 Å². The third-order valence-electron chi connectivity index (χ3n) is 4.50. The van der Waals surface area contributed by atoms with Gasteiger partial charge in [-0.2, -0.15) is 0 Å². The molecule has 0 aliphatic rings. The molecule has 0 heterocycles. The van der Waals surface area contributed by atoms with Gasteiger partial charge >= 0.3 is 0 Å². The van der Waals surface area contributed by atoms with Crippen LogP contribution in [0.15, 0.2) is 84.9 Å². The molecule has 0 radical (unpaired) electrons. The zero-order valence-electron chi connectivity index (χ0n) is 15.1. The smallest absolute Gasteiger partial charge is 0.227 e. The molecule has 0 saturated heterocycles. The topological polar surface area (TPSA) is 29.5 Å². The molecule has 0 N–H and O–H groups in total. The van der Waals surface area contributed by atoms with Crippen LogP contribution in [0.25, 0.3) is 0 Å². The maximum Gasteiger partial charge on any atom is 0.227 e. The molecule has 3 aromatic carbocycles. The fourth-order valence-electron chi connectivity index (χ4n) is 3.14. The van der Waals surface area contributed by atoms with Crippen LogP contribution in [0.1, 0.15) is 22.7 Å². The first kappa shape index (κ1) is 17.7. The number of benzene rings is 3. The number of rotatable bonds is 6. The third kappa shape index (κ3) is 4.12. The number of carbonyl (C=O) groups is 1. The van der Waals surface area contributed by atoms with Crippen molar-refractivity contribution < 1.29 is 9.53 Å². The molecule has 26 heavy (non-hydrogen) atoms. The second kappa shape index (κ2) is 8.34. The Kier molecular flexibility index (Phi) is 5.69. The summed E-state index contributed by atoms with van der Waals surface area (Å²) < 4.78 is 5.26. The van der Waals surface area contributed by atoms with Crippen LogP contribution in [0.5, 0.6) is 5.75 Å². The zero-order chi connectivity index (χ0) is 18.4. The average molecular weight is 345 g/mol. The van der Waals surface area contributed by atoms with Crippen LogP contribution in [0.4, 0.5) is 0 Å². The van der Waals surface area contributed by atoms with E-state index in [1.54, 1.807) is 7.11 Å². The van der Waals surface area contributed by atoms with E-state index >= 15 is 0 Å². The quantitative estimate of drug-likeness (QED) is 0.659. The summed E-state index contributed by atoms with van der Waals surface area (Å²) in [6.07, 6.45) is 0.337. The fraction of sp³-hybridized carbons (Fsp3) is 0.174. The first-order valence-corrected chi connectivity index (χ1v) is 8.67. The summed E-state index contributed by atoms with van der Waals surface area (Å²) in [5.41, 5.74) is 3.14. The van der Waals surface area contributed by atoms with E-state index in [-0.39, 0.29) is 11.9 Å². The molecule has 0 aliphatic heterocycles. The predicted octanol–water partition coefficient (Wildman–Crippen LogP) is 4.49. The first-order chi connectivity index (χ1) is 12.7. The fourth-order valence-corrected chi connectivity index (χ4v) is 3.14. The van der Waals surface area contributed by atoms with E-state index in [1.807, 2.05) is 72.6 Å². The van der Waals surface area contributed by atoms with Gasteiger partial charge in [0, 0.05) is 7.05 Å². The van der Waals surface area contributed by atoms with Crippen LogP contribution in [-0.4, -0.2) is 25.0 Å². The van der Waals surface area contributed by atoms with E-state index in [1.165, 1.54) is 0 Å². The molecule has 0 bridgehead atoms. The Bertz CT molecular complexity index is 807. The molecule has 3 rings (SSSR count). The zero-order valence-corrected chi connectivity index (χ0v) is 15.1. The van der Waals surface area contributed by atoms with Crippen molar-refractivity contribution in [3.05, 3.63) is 102 Å². The summed E-state index contributed by atoms with van der Waals surface area (Å²) in [6, 6.07) is 27.8. The molecule has 0 unspecified atom stereocenters. The molecular formula is C23H23NO2. The highest BCUT2D eigenvalue weighted by Crippen LogP contribution is 2.28. The van der Waals surface area contributed by atoms with Gasteiger partial charge in [0.2, 0.25) is 5.91 Å². The molecule has 1 amide bonds. The Balaban J connectivity index is 1.87. The van der Waals surface area contributed by atoms with Gasteiger partial charge in [0.25, 0.3) is 0 Å². The average Bonchev–Trinajstić information content (AvgIpc) is 2.70. The van der Waals surface area contributed by atoms with Crippen molar-refractivity contribution in [3.8, 4) is 5.75 Å². The van der Waals surface area contributed by atoms with E-state index < -0.39 is 0 Å². The molecule has 3 heteroatoms. The lowest BCUT2D eigenvalue weighted by atomic mass is 9.97. The number of nitrogens with zero attached hydrogens (tertiary/aromatic N) is 1. The first-order valence-electron chi connectivity index (χ1n) is 8.67. The number of hydrogen-bond acceptors (Lipinski definition) is 2. The summed E-state index contributed by atoms with van der Waals surface area (Å²) in [7, 11) is 3.50. The Morgan fingerprint density at radius 2 is 1.46 bits per heavy atom. The molecule has 3 nitrogen and oxygen atoms in total. The maximum atomic E-state index is 13.0. The van der Waals surface area contributed by atoms with E-state index in [9.17, 15) is 4.79 Å². The van der Waals surface area contributed by atoms with E-state index in [0.717, 1.165) is 22.4 Å². The van der Waals surface area contributed by atoms with Gasteiger partial charge < -0.3 is 9.64 Å². The monoisotopic (exact) mass is 345 g/mol. The van der Waals surface area contributed by atoms with E-state index in [4.69, 9.17) is 4.74 Å². The number of ether oxygens (including phenoxy) is 1. The highest BCUT2D eigenvalue weighted by molar-refractivity contribution is 5.79. The van der Waals surface area contributed by atoms with Crippen LogP contribution in [0, 0.1) is 0 Å². The third-order valence-corrected chi connectivity index (χ3v) is 4.50. The molecule has 0 aromatic heterocycles. The number of hydrogen-bond donors (Lipinski definition) is 0. The summed E-state index contributed by atoms with van der Waals surface area (Å²) >= 11 is 0. The molecule has 0 fully saturated rings. The Morgan fingerprint density at radius 1 is 0.885 bits per heavy atom. The predicted molar refractivity (Wildman–Crippen MR) is 104 cm³/mol. The summed E-state index contributed by atoms with van der Waals surface area (Å²) in [6.45, 7) is 0. The minimum Gasteiger partial charge on any atom is -0.497 e. The lowest BCUT2D eigenvalue weighted by Crippen LogP contribution is -2.33. The van der Waals surface area contributed by atoms with Gasteiger partial charge in [-0.1, -0.05) is 72.8 Å². The molecule has 132 valence electrons. The van der Waals surface area contributed by atoms with Gasteiger partial charge in [0.05, 0.1) is 19.6 Å². The van der Waals surface area contributed by atoms with Crippen LogP contribution < -0.4 is 4.74 Å². The van der Waals surface area contributed by atoms with Crippen molar-refractivity contribution in [1.82, 2.24) is 4.90 Å². The van der Waals surface area contributed by atoms with Crippen LogP contribution in [-0.2, 0) is 11.2 Å². The molecule has 3 aromatic rings. The van der Waals surface area contributed by atoms with Gasteiger partial charge in [-0.3, -0.25) is 4.79 Å². The molecule has 0 atom stereocenters. The summed E-state index contributed by atoms with van der Waals surface area (Å²) in [4.78, 5) is 14.8. The van der Waals surface area contributed by atoms with Gasteiger partial charge in [-0.05, 0) is 28.8 Å². The lowest BCUT2D eigenvalue weighted by molar-refractivity contribution is -0.130. The van der Waals surface area contributed by atoms with Gasteiger partial charge in [0.15, 0.2) is 0 Å². The Hall–Kier alpha value is -3.07. The van der Waals surface area contributed by atoms with Crippen molar-refractivity contribution in [2.75, 3.05) is 14.2 Å². The van der Waals surface area contributed by atoms with Crippen molar-refractivity contribution in [3.63, 3.8) is 0 Å². The van der Waals surface area contributed by atoms with E-state index in [2.05, 4.69) is 24.3 Å². The number of amides is 1. The lowest BCUT2D eigenvalue weighted by Gasteiger charge is -2.29. The number of carbonyl (C=O) groups excluding carboxylic acids is 1. The van der Waals surface area contributed by atoms with Crippen LogP contribution in [0.2, 0.25) is 0 Å². The van der Waals surface area contributed by atoms with Crippen molar-refractivity contribution >= 4 is 5.91 Å².